The Hall–Kier alpha value is -0.951. The molecular formula is C23H37NOSn. The molecular weight excluding hydrogens is 425 g/mol. The first-order valence-electron chi connectivity index (χ1n) is 10.5. The third-order valence-electron chi connectivity index (χ3n) is 5.08. The zero-order chi connectivity index (χ0) is 19.1. The molecule has 3 heteroatoms. The first-order chi connectivity index (χ1) is 12.7. The molecule has 0 aliphatic rings. The van der Waals surface area contributed by atoms with E-state index >= 15 is 0 Å². The fourth-order valence-electron chi connectivity index (χ4n) is 3.37. The second-order valence-electron chi connectivity index (χ2n) is 7.33. The Balaban J connectivity index is 2.83. The van der Waals surface area contributed by atoms with Crippen LogP contribution in [0.1, 0.15) is 71.3 Å². The van der Waals surface area contributed by atoms with Gasteiger partial charge < -0.3 is 0 Å². The molecule has 0 fully saturated rings. The molecule has 26 heavy (non-hydrogen) atoms. The first kappa shape index (κ1) is 23.1. The topological polar surface area (TPSA) is 33.0 Å². The van der Waals surface area contributed by atoms with Gasteiger partial charge in [-0.05, 0) is 0 Å². The van der Waals surface area contributed by atoms with Crippen molar-refractivity contribution >= 4 is 24.5 Å². The summed E-state index contributed by atoms with van der Waals surface area (Å²) in [6.07, 6.45) is 11.0. The van der Waals surface area contributed by atoms with Gasteiger partial charge in [-0.1, -0.05) is 0 Å². The SMILES string of the molecule is CCC[CH2][Sn](/[CH]=C/c1ccc(OCCC#N)cc1)([CH2]CCC)[CH2]CCC. The molecule has 0 bridgehead atoms. The van der Waals surface area contributed by atoms with Crippen molar-refractivity contribution in [2.24, 2.45) is 0 Å². The molecule has 1 aromatic rings. The third-order valence-corrected chi connectivity index (χ3v) is 19.1. The molecule has 2 nitrogen and oxygen atoms in total. The van der Waals surface area contributed by atoms with Crippen LogP contribution in [0.25, 0.3) is 6.08 Å². The van der Waals surface area contributed by atoms with Gasteiger partial charge in [-0.25, -0.2) is 0 Å². The zero-order valence-corrected chi connectivity index (χ0v) is 20.0. The first-order valence-corrected chi connectivity index (χ1v) is 18.2. The van der Waals surface area contributed by atoms with E-state index in [1.807, 2.05) is 12.1 Å². The molecule has 0 saturated heterocycles. The Morgan fingerprint density at radius 2 is 1.46 bits per heavy atom. The molecule has 0 aromatic heterocycles. The molecule has 0 spiro atoms. The second-order valence-corrected chi connectivity index (χ2v) is 20.3. The van der Waals surface area contributed by atoms with Crippen molar-refractivity contribution in [2.75, 3.05) is 6.61 Å². The van der Waals surface area contributed by atoms with Crippen molar-refractivity contribution in [1.82, 2.24) is 0 Å². The van der Waals surface area contributed by atoms with E-state index in [-0.39, 0.29) is 0 Å². The normalized spacial score (nSPS) is 11.6. The number of nitrogens with zero attached hydrogens (tertiary/aromatic N) is 1. The minimum atomic E-state index is -2.19. The van der Waals surface area contributed by atoms with Gasteiger partial charge in [0, 0.05) is 0 Å². The number of unbranched alkanes of at least 4 members (excludes halogenated alkanes) is 3. The average molecular weight is 462 g/mol. The zero-order valence-electron chi connectivity index (χ0n) is 17.1. The van der Waals surface area contributed by atoms with E-state index in [0.717, 1.165) is 5.75 Å². The van der Waals surface area contributed by atoms with E-state index in [2.05, 4.69) is 49.1 Å². The van der Waals surface area contributed by atoms with Crippen molar-refractivity contribution in [2.45, 2.75) is 79.0 Å². The minimum absolute atomic E-state index is 0.435. The Bertz CT molecular complexity index is 523. The quantitative estimate of drug-likeness (QED) is 0.214. The van der Waals surface area contributed by atoms with Crippen molar-refractivity contribution in [3.8, 4) is 11.8 Å². The predicted molar refractivity (Wildman–Crippen MR) is 116 cm³/mol. The molecule has 0 aliphatic heterocycles. The summed E-state index contributed by atoms with van der Waals surface area (Å²) in [7, 11) is 0. The molecule has 1 aromatic carbocycles. The van der Waals surface area contributed by atoms with E-state index in [1.54, 1.807) is 0 Å². The summed E-state index contributed by atoms with van der Waals surface area (Å²) in [6, 6.07) is 10.5. The molecule has 0 radical (unpaired) electrons. The molecule has 0 heterocycles. The summed E-state index contributed by atoms with van der Waals surface area (Å²) >= 11 is -2.19. The van der Waals surface area contributed by atoms with Gasteiger partial charge >= 0.3 is 166 Å². The van der Waals surface area contributed by atoms with Gasteiger partial charge in [0.15, 0.2) is 0 Å². The Labute approximate surface area is 165 Å². The van der Waals surface area contributed by atoms with Crippen LogP contribution in [0.5, 0.6) is 5.75 Å². The van der Waals surface area contributed by atoms with Gasteiger partial charge in [0.2, 0.25) is 0 Å². The number of hydrogen-bond donors (Lipinski definition) is 0. The van der Waals surface area contributed by atoms with E-state index in [1.165, 1.54) is 57.4 Å². The van der Waals surface area contributed by atoms with Crippen molar-refractivity contribution in [1.29, 1.82) is 5.26 Å². The van der Waals surface area contributed by atoms with Gasteiger partial charge in [-0.2, -0.15) is 0 Å². The molecule has 0 N–H and O–H groups in total. The van der Waals surface area contributed by atoms with Crippen LogP contribution in [0, 0.1) is 11.3 Å². The van der Waals surface area contributed by atoms with Gasteiger partial charge in [0.25, 0.3) is 0 Å². The molecule has 1 rings (SSSR count). The fourth-order valence-corrected chi connectivity index (χ4v) is 17.6. The predicted octanol–water partition coefficient (Wildman–Crippen LogP) is 7.38. The molecule has 0 saturated carbocycles. The summed E-state index contributed by atoms with van der Waals surface area (Å²) < 4.78 is 12.8. The Morgan fingerprint density at radius 3 is 1.92 bits per heavy atom. The fraction of sp³-hybridized carbons (Fsp3) is 0.609. The van der Waals surface area contributed by atoms with Crippen LogP contribution < -0.4 is 4.74 Å². The maximum atomic E-state index is 8.59. The maximum absolute atomic E-state index is 8.59. The van der Waals surface area contributed by atoms with Gasteiger partial charge in [0.1, 0.15) is 0 Å². The molecule has 0 aliphatic carbocycles. The molecule has 0 atom stereocenters. The summed E-state index contributed by atoms with van der Waals surface area (Å²) in [5.74, 6) is 0.857. The number of benzene rings is 1. The van der Waals surface area contributed by atoms with Crippen LogP contribution >= 0.6 is 0 Å². The van der Waals surface area contributed by atoms with E-state index in [4.69, 9.17) is 10.00 Å². The van der Waals surface area contributed by atoms with Crippen molar-refractivity contribution in [3.05, 3.63) is 33.9 Å². The van der Waals surface area contributed by atoms with Crippen molar-refractivity contribution < 1.29 is 4.74 Å². The monoisotopic (exact) mass is 463 g/mol. The third kappa shape index (κ3) is 9.12. The molecule has 144 valence electrons. The van der Waals surface area contributed by atoms with Crippen molar-refractivity contribution in [3.63, 3.8) is 0 Å². The van der Waals surface area contributed by atoms with Gasteiger partial charge in [-0.3, -0.25) is 0 Å². The van der Waals surface area contributed by atoms with E-state index in [0.29, 0.717) is 13.0 Å². The Kier molecular flexibility index (Phi) is 12.6. The number of nitriles is 1. The second kappa shape index (κ2) is 14.1. The van der Waals surface area contributed by atoms with E-state index < -0.39 is 18.4 Å². The summed E-state index contributed by atoms with van der Waals surface area (Å²) in [6.45, 7) is 7.44. The summed E-state index contributed by atoms with van der Waals surface area (Å²) in [5, 5.41) is 8.59. The number of ether oxygens (including phenoxy) is 1. The van der Waals surface area contributed by atoms with Gasteiger partial charge in [-0.15, -0.1) is 0 Å². The van der Waals surface area contributed by atoms with Crippen LogP contribution in [-0.4, -0.2) is 25.0 Å². The Morgan fingerprint density at radius 1 is 0.923 bits per heavy atom. The standard InChI is InChI=1S/C11H10NO.3C4H9.Sn/c1-2-10-4-6-11(7-5-10)13-9-3-8-12;3*1-3-4-2;/h1-2,4-7H,3,9H2;3*1,3-4H2,2H3;. The molecule has 0 unspecified atom stereocenters. The van der Waals surface area contributed by atoms with Crippen LogP contribution in [0.3, 0.4) is 0 Å². The average Bonchev–Trinajstić information content (AvgIpc) is 2.68. The van der Waals surface area contributed by atoms with E-state index in [9.17, 15) is 0 Å². The summed E-state index contributed by atoms with van der Waals surface area (Å²) in [5.41, 5.74) is 1.28. The van der Waals surface area contributed by atoms with Gasteiger partial charge in [0.05, 0.1) is 0 Å². The van der Waals surface area contributed by atoms with Crippen LogP contribution in [0.4, 0.5) is 0 Å². The van der Waals surface area contributed by atoms with Crippen LogP contribution in [0.15, 0.2) is 28.4 Å². The number of hydrogen-bond acceptors (Lipinski definition) is 2. The summed E-state index contributed by atoms with van der Waals surface area (Å²) in [4.78, 5) is 0. The molecule has 0 amide bonds. The van der Waals surface area contributed by atoms with Crippen LogP contribution in [-0.2, 0) is 0 Å². The number of rotatable bonds is 14. The van der Waals surface area contributed by atoms with Crippen LogP contribution in [0.2, 0.25) is 13.3 Å².